The topological polar surface area (TPSA) is 114 Å². The van der Waals surface area contributed by atoms with Crippen molar-refractivity contribution in [3.63, 3.8) is 0 Å². The van der Waals surface area contributed by atoms with Crippen LogP contribution in [0.2, 0.25) is 0 Å². The second-order valence-electron chi connectivity index (χ2n) is 5.00. The highest BCUT2D eigenvalue weighted by atomic mass is 19.4. The van der Waals surface area contributed by atoms with Gasteiger partial charge in [-0.2, -0.15) is 23.5 Å². The summed E-state index contributed by atoms with van der Waals surface area (Å²) in [7, 11) is 0. The van der Waals surface area contributed by atoms with Crippen molar-refractivity contribution in [2.75, 3.05) is 5.32 Å². The molecule has 3 rings (SSSR count). The summed E-state index contributed by atoms with van der Waals surface area (Å²) in [6, 6.07) is 4.56. The molecule has 0 fully saturated rings. The summed E-state index contributed by atoms with van der Waals surface area (Å²) >= 11 is 0. The number of alkyl halides is 3. The van der Waals surface area contributed by atoms with Crippen LogP contribution in [0.15, 0.2) is 37.2 Å². The van der Waals surface area contributed by atoms with E-state index in [-0.39, 0.29) is 23.7 Å². The van der Waals surface area contributed by atoms with Crippen LogP contribution in [0.1, 0.15) is 11.4 Å². The molecule has 26 heavy (non-hydrogen) atoms. The molecule has 0 saturated heterocycles. The lowest BCUT2D eigenvalue weighted by Gasteiger charge is -2.14. The molecule has 1 aromatic carbocycles. The number of hydrogen-bond acceptors (Lipinski definition) is 6. The Balaban J connectivity index is 1.88. The van der Waals surface area contributed by atoms with Crippen LogP contribution in [0.25, 0.3) is 5.69 Å². The second-order valence-corrected chi connectivity index (χ2v) is 5.00. The van der Waals surface area contributed by atoms with Gasteiger partial charge in [-0.3, -0.25) is 4.79 Å². The van der Waals surface area contributed by atoms with Crippen LogP contribution in [0.4, 0.5) is 18.9 Å². The van der Waals surface area contributed by atoms with Crippen molar-refractivity contribution < 1.29 is 18.0 Å². The van der Waals surface area contributed by atoms with Crippen molar-refractivity contribution in [1.29, 1.82) is 5.26 Å². The molecular weight excluding hydrogens is 353 g/mol. The number of hydrogen-bond donors (Lipinski definition) is 1. The van der Waals surface area contributed by atoms with Crippen LogP contribution < -0.4 is 5.32 Å². The van der Waals surface area contributed by atoms with Gasteiger partial charge in [0, 0.05) is 0 Å². The molecular formula is C14H9F3N8O. The summed E-state index contributed by atoms with van der Waals surface area (Å²) < 4.78 is 41.2. The van der Waals surface area contributed by atoms with E-state index in [4.69, 9.17) is 5.26 Å². The third kappa shape index (κ3) is 3.66. The minimum atomic E-state index is -4.58. The second kappa shape index (κ2) is 6.63. The average Bonchev–Trinajstić information content (AvgIpc) is 3.25. The van der Waals surface area contributed by atoms with Crippen molar-refractivity contribution in [3.05, 3.63) is 48.6 Å². The van der Waals surface area contributed by atoms with E-state index in [1.807, 2.05) is 0 Å². The van der Waals surface area contributed by atoms with E-state index in [9.17, 15) is 18.0 Å². The van der Waals surface area contributed by atoms with E-state index in [0.717, 1.165) is 16.8 Å². The quantitative estimate of drug-likeness (QED) is 0.750. The average molecular weight is 362 g/mol. The summed E-state index contributed by atoms with van der Waals surface area (Å²) in [6.45, 7) is -0.332. The van der Waals surface area contributed by atoms with E-state index in [1.54, 1.807) is 6.07 Å². The van der Waals surface area contributed by atoms with Gasteiger partial charge in [0.05, 0.1) is 16.9 Å². The molecule has 0 aliphatic heterocycles. The third-order valence-electron chi connectivity index (χ3n) is 3.21. The largest absolute Gasteiger partial charge is 0.416 e. The zero-order valence-corrected chi connectivity index (χ0v) is 12.8. The molecule has 0 radical (unpaired) electrons. The normalized spacial score (nSPS) is 11.2. The molecule has 1 amide bonds. The lowest BCUT2D eigenvalue weighted by molar-refractivity contribution is -0.137. The molecule has 132 valence electrons. The predicted octanol–water partition coefficient (Wildman–Crippen LogP) is 1.39. The van der Waals surface area contributed by atoms with Crippen molar-refractivity contribution in [2.45, 2.75) is 12.7 Å². The maximum absolute atomic E-state index is 13.0. The molecule has 0 spiro atoms. The zero-order chi connectivity index (χ0) is 18.7. The fraction of sp³-hybridized carbons (Fsp3) is 0.143. The number of nitrogens with one attached hydrogen (secondary N) is 1. The highest BCUT2D eigenvalue weighted by Crippen LogP contribution is 2.33. The van der Waals surface area contributed by atoms with E-state index >= 15 is 0 Å². The summed E-state index contributed by atoms with van der Waals surface area (Å²) in [5.41, 5.74) is -0.819. The monoisotopic (exact) mass is 362 g/mol. The van der Waals surface area contributed by atoms with E-state index < -0.39 is 17.6 Å². The fourth-order valence-electron chi connectivity index (χ4n) is 2.10. The Bertz CT molecular complexity index is 971. The molecule has 0 bridgehead atoms. The molecule has 2 aromatic heterocycles. The summed E-state index contributed by atoms with van der Waals surface area (Å²) in [5.74, 6) is -0.778. The number of halogens is 3. The minimum Gasteiger partial charge on any atom is -0.323 e. The first-order chi connectivity index (χ1) is 12.4. The highest BCUT2D eigenvalue weighted by molar-refractivity contribution is 5.92. The Hall–Kier alpha value is -3.75. The minimum absolute atomic E-state index is 0.101. The smallest absolute Gasteiger partial charge is 0.323 e. The molecule has 2 heterocycles. The van der Waals surface area contributed by atoms with Crippen molar-refractivity contribution in [3.8, 4) is 11.8 Å². The van der Waals surface area contributed by atoms with Gasteiger partial charge in [-0.15, -0.1) is 5.10 Å². The molecule has 0 aliphatic rings. The Labute approximate surface area is 143 Å². The maximum Gasteiger partial charge on any atom is 0.416 e. The van der Waals surface area contributed by atoms with E-state index in [1.165, 1.54) is 29.7 Å². The lowest BCUT2D eigenvalue weighted by atomic mass is 10.1. The Morgan fingerprint density at radius 1 is 1.31 bits per heavy atom. The van der Waals surface area contributed by atoms with Crippen LogP contribution in [-0.4, -0.2) is 35.4 Å². The molecule has 0 atom stereocenters. The molecule has 1 N–H and O–H groups in total. The summed E-state index contributed by atoms with van der Waals surface area (Å²) in [5, 5.41) is 18.6. The van der Waals surface area contributed by atoms with Crippen molar-refractivity contribution >= 4 is 11.6 Å². The van der Waals surface area contributed by atoms with Gasteiger partial charge in [0.2, 0.25) is 5.91 Å². The van der Waals surface area contributed by atoms with Gasteiger partial charge in [-0.1, -0.05) is 0 Å². The fourth-order valence-corrected chi connectivity index (χ4v) is 2.10. The molecule has 12 heteroatoms. The van der Waals surface area contributed by atoms with Gasteiger partial charge in [-0.05, 0) is 18.2 Å². The Morgan fingerprint density at radius 2 is 2.12 bits per heavy atom. The van der Waals surface area contributed by atoms with Crippen LogP contribution in [0, 0.1) is 11.3 Å². The molecule has 3 aromatic rings. The SMILES string of the molecule is N#Cc1ncn(CC(=O)Nc2cc(C(F)(F)F)ccc2-n2cncn2)n1. The number of benzene rings is 1. The highest BCUT2D eigenvalue weighted by Gasteiger charge is 2.31. The molecule has 0 aliphatic carbocycles. The summed E-state index contributed by atoms with van der Waals surface area (Å²) in [6.07, 6.45) is -0.909. The van der Waals surface area contributed by atoms with E-state index in [2.05, 4.69) is 25.5 Å². The number of aromatic nitrogens is 6. The summed E-state index contributed by atoms with van der Waals surface area (Å²) in [4.78, 5) is 19.5. The lowest BCUT2D eigenvalue weighted by Crippen LogP contribution is -2.21. The predicted molar refractivity (Wildman–Crippen MR) is 79.7 cm³/mol. The molecule has 9 nitrogen and oxygen atoms in total. The van der Waals surface area contributed by atoms with Gasteiger partial charge >= 0.3 is 6.18 Å². The Kier molecular flexibility index (Phi) is 4.36. The number of nitrogens with zero attached hydrogens (tertiary/aromatic N) is 7. The molecule has 0 saturated carbocycles. The van der Waals surface area contributed by atoms with Gasteiger partial charge in [0.25, 0.3) is 5.82 Å². The van der Waals surface area contributed by atoms with Gasteiger partial charge in [0.1, 0.15) is 31.6 Å². The first-order valence-corrected chi connectivity index (χ1v) is 7.02. The van der Waals surface area contributed by atoms with Gasteiger partial charge in [0.15, 0.2) is 0 Å². The Morgan fingerprint density at radius 3 is 2.73 bits per heavy atom. The maximum atomic E-state index is 13.0. The standard InChI is InChI=1S/C14H9F3N8O/c15-14(16,17)9-1-2-11(25-7-19-6-21-25)10(3-9)22-13(26)5-24-8-20-12(4-18)23-24/h1-3,6-8H,5H2,(H,22,26). The number of anilines is 1. The number of rotatable bonds is 4. The first kappa shape index (κ1) is 17.1. The number of carbonyl (C=O) groups is 1. The number of carbonyl (C=O) groups excluding carboxylic acids is 1. The van der Waals surface area contributed by atoms with E-state index in [0.29, 0.717) is 0 Å². The number of nitriles is 1. The van der Waals surface area contributed by atoms with Crippen molar-refractivity contribution in [1.82, 2.24) is 29.5 Å². The first-order valence-electron chi connectivity index (χ1n) is 7.02. The van der Waals surface area contributed by atoms with Crippen LogP contribution in [-0.2, 0) is 17.5 Å². The van der Waals surface area contributed by atoms with Gasteiger partial charge in [-0.25, -0.2) is 19.3 Å². The number of amides is 1. The van der Waals surface area contributed by atoms with Gasteiger partial charge < -0.3 is 5.32 Å². The zero-order valence-electron chi connectivity index (χ0n) is 12.8. The third-order valence-corrected chi connectivity index (χ3v) is 3.21. The van der Waals surface area contributed by atoms with Crippen LogP contribution >= 0.6 is 0 Å². The van der Waals surface area contributed by atoms with Crippen LogP contribution in [0.5, 0.6) is 0 Å². The van der Waals surface area contributed by atoms with Crippen LogP contribution in [0.3, 0.4) is 0 Å². The molecule has 0 unspecified atom stereocenters. The van der Waals surface area contributed by atoms with Crippen molar-refractivity contribution in [2.24, 2.45) is 0 Å².